The average Bonchev–Trinajstić information content (AvgIpc) is 2.30. The van der Waals surface area contributed by atoms with Gasteiger partial charge in [0, 0.05) is 6.61 Å². The highest BCUT2D eigenvalue weighted by atomic mass is 16.3. The van der Waals surface area contributed by atoms with E-state index >= 15 is 0 Å². The highest BCUT2D eigenvalue weighted by Crippen LogP contribution is 2.12. The topological polar surface area (TPSA) is 40.5 Å². The molecular weight excluding hydrogens is 200 g/mol. The van der Waals surface area contributed by atoms with Gasteiger partial charge in [-0.3, -0.25) is 0 Å². The molecule has 0 rings (SSSR count). The van der Waals surface area contributed by atoms with Gasteiger partial charge in [-0.05, 0) is 19.3 Å². The Morgan fingerprint density at radius 3 is 1.81 bits per heavy atom. The van der Waals surface area contributed by atoms with Crippen LogP contribution in [0.2, 0.25) is 0 Å². The van der Waals surface area contributed by atoms with E-state index < -0.39 is 0 Å². The van der Waals surface area contributed by atoms with Crippen LogP contribution in [0.1, 0.15) is 77.6 Å². The van der Waals surface area contributed by atoms with Crippen molar-refractivity contribution in [1.82, 2.24) is 0 Å². The van der Waals surface area contributed by atoms with Crippen LogP contribution in [-0.4, -0.2) is 22.9 Å². The van der Waals surface area contributed by atoms with Crippen molar-refractivity contribution in [2.24, 2.45) is 0 Å². The first-order chi connectivity index (χ1) is 7.81. The first-order valence-electron chi connectivity index (χ1n) is 7.10. The summed E-state index contributed by atoms with van der Waals surface area (Å²) in [5.74, 6) is 0. The molecule has 2 N–H and O–H groups in total. The molecule has 0 spiro atoms. The third-order valence-corrected chi connectivity index (χ3v) is 3.09. The SMILES string of the molecule is CCCCCCCCCC[C@H](O)CCCO. The van der Waals surface area contributed by atoms with Crippen molar-refractivity contribution in [3.05, 3.63) is 0 Å². The summed E-state index contributed by atoms with van der Waals surface area (Å²) in [4.78, 5) is 0. The molecule has 0 amide bonds. The third kappa shape index (κ3) is 12.0. The number of hydrogen-bond acceptors (Lipinski definition) is 2. The molecule has 98 valence electrons. The molecule has 0 radical (unpaired) electrons. The van der Waals surface area contributed by atoms with E-state index in [0.29, 0.717) is 0 Å². The molecule has 1 atom stereocenters. The van der Waals surface area contributed by atoms with Crippen molar-refractivity contribution in [1.29, 1.82) is 0 Å². The molecule has 0 fully saturated rings. The maximum atomic E-state index is 9.54. The standard InChI is InChI=1S/C14H30O2/c1-2-3-4-5-6-7-8-9-11-14(16)12-10-13-15/h14-16H,2-13H2,1H3/t14-/m0/s1. The van der Waals surface area contributed by atoms with Gasteiger partial charge in [0.05, 0.1) is 6.10 Å². The lowest BCUT2D eigenvalue weighted by Crippen LogP contribution is -2.06. The second-order valence-corrected chi connectivity index (χ2v) is 4.78. The van der Waals surface area contributed by atoms with Gasteiger partial charge in [0.25, 0.3) is 0 Å². The van der Waals surface area contributed by atoms with Gasteiger partial charge in [-0.1, -0.05) is 58.3 Å². The average molecular weight is 230 g/mol. The Kier molecular flexibility index (Phi) is 12.9. The van der Waals surface area contributed by atoms with Crippen molar-refractivity contribution in [3.63, 3.8) is 0 Å². The molecular formula is C14H30O2. The van der Waals surface area contributed by atoms with Crippen molar-refractivity contribution >= 4 is 0 Å². The summed E-state index contributed by atoms with van der Waals surface area (Å²) in [6, 6.07) is 0. The van der Waals surface area contributed by atoms with E-state index in [2.05, 4.69) is 6.92 Å². The monoisotopic (exact) mass is 230 g/mol. The van der Waals surface area contributed by atoms with Crippen LogP contribution in [0.15, 0.2) is 0 Å². The van der Waals surface area contributed by atoms with Gasteiger partial charge < -0.3 is 10.2 Å². The number of aliphatic hydroxyl groups excluding tert-OH is 2. The Labute approximate surface area is 101 Å². The van der Waals surface area contributed by atoms with Crippen LogP contribution in [-0.2, 0) is 0 Å². The molecule has 16 heavy (non-hydrogen) atoms. The second-order valence-electron chi connectivity index (χ2n) is 4.78. The molecule has 0 unspecified atom stereocenters. The highest BCUT2D eigenvalue weighted by Gasteiger charge is 2.02. The summed E-state index contributed by atoms with van der Waals surface area (Å²) in [5, 5.41) is 18.2. The molecule has 0 heterocycles. The molecule has 0 bridgehead atoms. The predicted octanol–water partition coefficient (Wildman–Crippen LogP) is 3.65. The van der Waals surface area contributed by atoms with Crippen LogP contribution >= 0.6 is 0 Å². The maximum absolute atomic E-state index is 9.54. The predicted molar refractivity (Wildman–Crippen MR) is 69.6 cm³/mol. The summed E-state index contributed by atoms with van der Waals surface area (Å²) in [6.45, 7) is 2.45. The van der Waals surface area contributed by atoms with E-state index in [9.17, 15) is 5.11 Å². The quantitative estimate of drug-likeness (QED) is 0.502. The van der Waals surface area contributed by atoms with Crippen LogP contribution < -0.4 is 0 Å². The molecule has 2 heteroatoms. The fourth-order valence-electron chi connectivity index (χ4n) is 1.99. The zero-order chi connectivity index (χ0) is 12.1. The van der Waals surface area contributed by atoms with Crippen molar-refractivity contribution in [2.75, 3.05) is 6.61 Å². The molecule has 0 aliphatic rings. The summed E-state index contributed by atoms with van der Waals surface area (Å²) >= 11 is 0. The van der Waals surface area contributed by atoms with E-state index in [-0.39, 0.29) is 12.7 Å². The summed E-state index contributed by atoms with van der Waals surface area (Å²) in [6.07, 6.45) is 12.7. The van der Waals surface area contributed by atoms with E-state index in [1.807, 2.05) is 0 Å². The fourth-order valence-corrected chi connectivity index (χ4v) is 1.99. The third-order valence-electron chi connectivity index (χ3n) is 3.09. The molecule has 0 aromatic heterocycles. The van der Waals surface area contributed by atoms with Gasteiger partial charge in [0.2, 0.25) is 0 Å². The minimum atomic E-state index is -0.188. The van der Waals surface area contributed by atoms with Crippen LogP contribution in [0.4, 0.5) is 0 Å². The molecule has 2 nitrogen and oxygen atoms in total. The summed E-state index contributed by atoms with van der Waals surface area (Å²) < 4.78 is 0. The molecule has 0 aromatic carbocycles. The molecule has 0 aliphatic heterocycles. The molecule has 0 aliphatic carbocycles. The molecule has 0 saturated heterocycles. The Bertz CT molecular complexity index is 126. The van der Waals surface area contributed by atoms with Crippen molar-refractivity contribution in [2.45, 2.75) is 83.7 Å². The van der Waals surface area contributed by atoms with Gasteiger partial charge in [-0.15, -0.1) is 0 Å². The zero-order valence-corrected chi connectivity index (χ0v) is 11.0. The first-order valence-corrected chi connectivity index (χ1v) is 7.10. The number of aliphatic hydroxyl groups is 2. The van der Waals surface area contributed by atoms with E-state index in [0.717, 1.165) is 25.7 Å². The lowest BCUT2D eigenvalue weighted by Gasteiger charge is -2.08. The Balaban J connectivity index is 3.02. The van der Waals surface area contributed by atoms with Gasteiger partial charge in [0.15, 0.2) is 0 Å². The lowest BCUT2D eigenvalue weighted by molar-refractivity contribution is 0.137. The minimum Gasteiger partial charge on any atom is -0.396 e. The van der Waals surface area contributed by atoms with Gasteiger partial charge in [-0.25, -0.2) is 0 Å². The smallest absolute Gasteiger partial charge is 0.0541 e. The Morgan fingerprint density at radius 1 is 0.750 bits per heavy atom. The largest absolute Gasteiger partial charge is 0.396 e. The van der Waals surface area contributed by atoms with E-state index in [4.69, 9.17) is 5.11 Å². The van der Waals surface area contributed by atoms with E-state index in [1.165, 1.54) is 44.9 Å². The van der Waals surface area contributed by atoms with Gasteiger partial charge in [0.1, 0.15) is 0 Å². The first kappa shape index (κ1) is 15.9. The minimum absolute atomic E-state index is 0.188. The van der Waals surface area contributed by atoms with E-state index in [1.54, 1.807) is 0 Å². The van der Waals surface area contributed by atoms with Gasteiger partial charge >= 0.3 is 0 Å². The normalized spacial score (nSPS) is 12.9. The Hall–Kier alpha value is -0.0800. The lowest BCUT2D eigenvalue weighted by atomic mass is 10.0. The number of rotatable bonds is 12. The molecule has 0 aromatic rings. The van der Waals surface area contributed by atoms with Crippen molar-refractivity contribution < 1.29 is 10.2 Å². The molecule has 0 saturated carbocycles. The summed E-state index contributed by atoms with van der Waals surface area (Å²) in [5.41, 5.74) is 0. The Morgan fingerprint density at radius 2 is 1.25 bits per heavy atom. The van der Waals surface area contributed by atoms with Gasteiger partial charge in [-0.2, -0.15) is 0 Å². The maximum Gasteiger partial charge on any atom is 0.0541 e. The fraction of sp³-hybridized carbons (Fsp3) is 1.00. The van der Waals surface area contributed by atoms with Crippen LogP contribution in [0.3, 0.4) is 0 Å². The second kappa shape index (κ2) is 13.0. The number of hydrogen-bond donors (Lipinski definition) is 2. The van der Waals surface area contributed by atoms with Crippen molar-refractivity contribution in [3.8, 4) is 0 Å². The highest BCUT2D eigenvalue weighted by molar-refractivity contribution is 4.56. The zero-order valence-electron chi connectivity index (χ0n) is 11.0. The van der Waals surface area contributed by atoms with Crippen LogP contribution in [0.5, 0.6) is 0 Å². The van der Waals surface area contributed by atoms with Crippen LogP contribution in [0, 0.1) is 0 Å². The number of unbranched alkanes of at least 4 members (excludes halogenated alkanes) is 7. The summed E-state index contributed by atoms with van der Waals surface area (Å²) in [7, 11) is 0. The van der Waals surface area contributed by atoms with Crippen LogP contribution in [0.25, 0.3) is 0 Å².